The minimum Gasteiger partial charge on any atom is -0.469 e. The number of amides is 1. The van der Waals surface area contributed by atoms with Gasteiger partial charge in [0.1, 0.15) is 0 Å². The van der Waals surface area contributed by atoms with Crippen LogP contribution in [0.1, 0.15) is 42.7 Å². The molecule has 1 aromatic carbocycles. The van der Waals surface area contributed by atoms with Gasteiger partial charge in [-0.1, -0.05) is 12.1 Å². The zero-order chi connectivity index (χ0) is 17.6. The minimum absolute atomic E-state index is 0.0406. The van der Waals surface area contributed by atoms with Crippen LogP contribution in [-0.4, -0.2) is 25.0 Å². The van der Waals surface area contributed by atoms with Crippen LogP contribution in [0.3, 0.4) is 0 Å². The molecular formula is C20H22N2O3. The Labute approximate surface area is 147 Å². The highest BCUT2D eigenvalue weighted by atomic mass is 16.5. The molecule has 25 heavy (non-hydrogen) atoms. The maximum atomic E-state index is 12.7. The quantitative estimate of drug-likeness (QED) is 0.855. The molecule has 3 fully saturated rings. The third-order valence-corrected chi connectivity index (χ3v) is 6.27. The summed E-state index contributed by atoms with van der Waals surface area (Å²) in [6.45, 7) is 0. The molecule has 1 aromatic rings. The topological polar surface area (TPSA) is 79.2 Å². The molecule has 3 aliphatic rings. The van der Waals surface area contributed by atoms with Gasteiger partial charge in [-0.15, -0.1) is 0 Å². The smallest absolute Gasteiger partial charge is 0.311 e. The Kier molecular flexibility index (Phi) is 3.99. The first-order chi connectivity index (χ1) is 12.1. The second-order valence-corrected chi connectivity index (χ2v) is 7.60. The maximum absolute atomic E-state index is 12.7. The number of benzene rings is 1. The van der Waals surface area contributed by atoms with E-state index in [4.69, 9.17) is 10.00 Å². The van der Waals surface area contributed by atoms with Crippen molar-refractivity contribution >= 4 is 11.9 Å². The van der Waals surface area contributed by atoms with Gasteiger partial charge in [-0.25, -0.2) is 0 Å². The Bertz CT molecular complexity index is 754. The number of rotatable bonds is 4. The second-order valence-electron chi connectivity index (χ2n) is 7.60. The van der Waals surface area contributed by atoms with Crippen LogP contribution in [0, 0.1) is 35.0 Å². The van der Waals surface area contributed by atoms with Crippen LogP contribution in [0.15, 0.2) is 24.3 Å². The minimum atomic E-state index is -0.188. The standard InChI is InChI=1S/C20H22N2O3/c1-25-20(24)17-13-5-6-14(8-13)18(17)22-19(23)16-9-15(16)12-4-2-3-11(7-12)10-21/h2-4,7,13-18H,5-6,8-9H2,1H3,(H,22,23). The fourth-order valence-corrected chi connectivity index (χ4v) is 4.94. The SMILES string of the molecule is COC(=O)C1C2CCC(C2)C1NC(=O)C1CC1c1cccc(C#N)c1. The van der Waals surface area contributed by atoms with Crippen LogP contribution in [0.5, 0.6) is 0 Å². The Hall–Kier alpha value is -2.35. The molecule has 0 spiro atoms. The van der Waals surface area contributed by atoms with Gasteiger partial charge in [0.15, 0.2) is 0 Å². The van der Waals surface area contributed by atoms with Gasteiger partial charge in [-0.2, -0.15) is 5.26 Å². The molecule has 6 unspecified atom stereocenters. The lowest BCUT2D eigenvalue weighted by Crippen LogP contribution is -2.47. The first kappa shape index (κ1) is 16.1. The molecular weight excluding hydrogens is 316 g/mol. The highest BCUT2D eigenvalue weighted by Gasteiger charge is 2.53. The molecule has 5 nitrogen and oxygen atoms in total. The normalized spacial score (nSPS) is 35.0. The van der Waals surface area contributed by atoms with Crippen molar-refractivity contribution in [3.05, 3.63) is 35.4 Å². The van der Waals surface area contributed by atoms with E-state index >= 15 is 0 Å². The predicted molar refractivity (Wildman–Crippen MR) is 90.3 cm³/mol. The van der Waals surface area contributed by atoms with Crippen LogP contribution in [0.25, 0.3) is 0 Å². The van der Waals surface area contributed by atoms with Crippen LogP contribution in [0.2, 0.25) is 0 Å². The van der Waals surface area contributed by atoms with Gasteiger partial charge >= 0.3 is 5.97 Å². The first-order valence-corrected chi connectivity index (χ1v) is 9.00. The summed E-state index contributed by atoms with van der Waals surface area (Å²) in [5.41, 5.74) is 1.68. The first-order valence-electron chi connectivity index (χ1n) is 9.00. The molecule has 6 atom stereocenters. The highest BCUT2D eigenvalue weighted by molar-refractivity contribution is 5.84. The molecule has 3 saturated carbocycles. The summed E-state index contributed by atoms with van der Waals surface area (Å²) in [6, 6.07) is 9.55. The highest BCUT2D eigenvalue weighted by Crippen LogP contribution is 2.51. The van der Waals surface area contributed by atoms with E-state index in [1.807, 2.05) is 18.2 Å². The number of esters is 1. The average molecular weight is 338 g/mol. The van der Waals surface area contributed by atoms with Crippen molar-refractivity contribution < 1.29 is 14.3 Å². The third-order valence-electron chi connectivity index (χ3n) is 6.27. The fourth-order valence-electron chi connectivity index (χ4n) is 4.94. The lowest BCUT2D eigenvalue weighted by Gasteiger charge is -2.29. The number of methoxy groups -OCH3 is 1. The predicted octanol–water partition coefficient (Wildman–Crippen LogP) is 2.37. The summed E-state index contributed by atoms with van der Waals surface area (Å²) in [5.74, 6) is 0.550. The summed E-state index contributed by atoms with van der Waals surface area (Å²) in [6.07, 6.45) is 3.97. The van der Waals surface area contributed by atoms with Crippen molar-refractivity contribution in [2.45, 2.75) is 37.6 Å². The molecule has 1 amide bonds. The summed E-state index contributed by atoms with van der Waals surface area (Å²) in [5, 5.41) is 12.2. The maximum Gasteiger partial charge on any atom is 0.311 e. The van der Waals surface area contributed by atoms with E-state index in [-0.39, 0.29) is 35.7 Å². The number of carbonyl (C=O) groups is 2. The Morgan fingerprint density at radius 1 is 1.24 bits per heavy atom. The van der Waals surface area contributed by atoms with Gasteiger partial charge in [0, 0.05) is 12.0 Å². The molecule has 4 rings (SSSR count). The number of hydrogen-bond donors (Lipinski definition) is 1. The van der Waals surface area contributed by atoms with Crippen LogP contribution >= 0.6 is 0 Å². The van der Waals surface area contributed by atoms with Crippen molar-refractivity contribution in [2.75, 3.05) is 7.11 Å². The Balaban J connectivity index is 1.43. The molecule has 1 N–H and O–H groups in total. The van der Waals surface area contributed by atoms with Crippen molar-refractivity contribution in [3.63, 3.8) is 0 Å². The largest absolute Gasteiger partial charge is 0.469 e. The van der Waals surface area contributed by atoms with Crippen LogP contribution in [0.4, 0.5) is 0 Å². The Morgan fingerprint density at radius 2 is 2.04 bits per heavy atom. The number of ether oxygens (including phenoxy) is 1. The zero-order valence-corrected chi connectivity index (χ0v) is 14.3. The second kappa shape index (κ2) is 6.18. The molecule has 0 saturated heterocycles. The molecule has 0 aliphatic heterocycles. The van der Waals surface area contributed by atoms with Gasteiger partial charge in [0.05, 0.1) is 24.7 Å². The van der Waals surface area contributed by atoms with E-state index < -0.39 is 0 Å². The molecule has 0 aromatic heterocycles. The van der Waals surface area contributed by atoms with E-state index in [0.717, 1.165) is 31.2 Å². The summed E-state index contributed by atoms with van der Waals surface area (Å²) in [4.78, 5) is 24.8. The molecule has 0 radical (unpaired) electrons. The number of hydrogen-bond acceptors (Lipinski definition) is 4. The van der Waals surface area contributed by atoms with Crippen LogP contribution in [-0.2, 0) is 14.3 Å². The summed E-state index contributed by atoms with van der Waals surface area (Å²) in [7, 11) is 1.42. The van der Waals surface area contributed by atoms with Crippen molar-refractivity contribution in [1.29, 1.82) is 5.26 Å². The van der Waals surface area contributed by atoms with Gasteiger partial charge in [-0.05, 0) is 61.1 Å². The Morgan fingerprint density at radius 3 is 2.80 bits per heavy atom. The summed E-state index contributed by atoms with van der Waals surface area (Å²) >= 11 is 0. The summed E-state index contributed by atoms with van der Waals surface area (Å²) < 4.78 is 4.97. The number of nitriles is 1. The van der Waals surface area contributed by atoms with Crippen molar-refractivity contribution in [3.8, 4) is 6.07 Å². The van der Waals surface area contributed by atoms with E-state index in [2.05, 4.69) is 11.4 Å². The molecule has 0 heterocycles. The van der Waals surface area contributed by atoms with E-state index in [1.165, 1.54) is 7.11 Å². The van der Waals surface area contributed by atoms with E-state index in [0.29, 0.717) is 17.4 Å². The van der Waals surface area contributed by atoms with Crippen molar-refractivity contribution in [2.24, 2.45) is 23.7 Å². The van der Waals surface area contributed by atoms with Gasteiger partial charge in [-0.3, -0.25) is 9.59 Å². The zero-order valence-electron chi connectivity index (χ0n) is 14.3. The van der Waals surface area contributed by atoms with Crippen molar-refractivity contribution in [1.82, 2.24) is 5.32 Å². The number of fused-ring (bicyclic) bond motifs is 2. The lowest BCUT2D eigenvalue weighted by molar-refractivity contribution is -0.148. The molecule has 3 aliphatic carbocycles. The number of carbonyl (C=O) groups excluding carboxylic acids is 2. The van der Waals surface area contributed by atoms with Gasteiger partial charge in [0.25, 0.3) is 0 Å². The van der Waals surface area contributed by atoms with E-state index in [9.17, 15) is 9.59 Å². The monoisotopic (exact) mass is 338 g/mol. The lowest BCUT2D eigenvalue weighted by atomic mass is 9.84. The molecule has 130 valence electrons. The van der Waals surface area contributed by atoms with Crippen LogP contribution < -0.4 is 5.32 Å². The van der Waals surface area contributed by atoms with Gasteiger partial charge < -0.3 is 10.1 Å². The molecule has 5 heteroatoms. The fraction of sp³-hybridized carbons (Fsp3) is 0.550. The van der Waals surface area contributed by atoms with E-state index in [1.54, 1.807) is 6.07 Å². The average Bonchev–Trinajstić information content (AvgIpc) is 3.21. The number of nitrogens with zero attached hydrogens (tertiary/aromatic N) is 1. The van der Waals surface area contributed by atoms with Gasteiger partial charge in [0.2, 0.25) is 5.91 Å². The third kappa shape index (κ3) is 2.80. The number of nitrogens with one attached hydrogen (secondary N) is 1. The molecule has 2 bridgehead atoms.